The number of hydrogen-bond donors (Lipinski definition) is 0. The van der Waals surface area contributed by atoms with E-state index in [0.717, 1.165) is 17.8 Å². The SMILES string of the molecule is CN1CC(C)(C)c2ccc(-c3cccnn3)cc21. The Morgan fingerprint density at radius 1 is 1.22 bits per heavy atom. The summed E-state index contributed by atoms with van der Waals surface area (Å²) in [5.74, 6) is 0. The van der Waals surface area contributed by atoms with Gasteiger partial charge in [0.2, 0.25) is 0 Å². The average molecular weight is 239 g/mol. The summed E-state index contributed by atoms with van der Waals surface area (Å²) in [5, 5.41) is 8.11. The molecule has 0 saturated carbocycles. The summed E-state index contributed by atoms with van der Waals surface area (Å²) in [6.45, 7) is 5.64. The number of rotatable bonds is 1. The van der Waals surface area contributed by atoms with Crippen LogP contribution < -0.4 is 4.90 Å². The maximum Gasteiger partial charge on any atom is 0.0930 e. The largest absolute Gasteiger partial charge is 0.373 e. The van der Waals surface area contributed by atoms with Crippen LogP contribution in [0.15, 0.2) is 36.5 Å². The van der Waals surface area contributed by atoms with Gasteiger partial charge < -0.3 is 4.90 Å². The Balaban J connectivity index is 2.11. The molecule has 0 fully saturated rings. The minimum absolute atomic E-state index is 0.227. The van der Waals surface area contributed by atoms with Crippen LogP contribution in [0.1, 0.15) is 19.4 Å². The number of anilines is 1. The van der Waals surface area contributed by atoms with Crippen LogP contribution in [0, 0.1) is 0 Å². The second-order valence-electron chi connectivity index (χ2n) is 5.58. The molecular weight excluding hydrogens is 222 g/mol. The van der Waals surface area contributed by atoms with E-state index in [0.29, 0.717) is 0 Å². The van der Waals surface area contributed by atoms with Crippen molar-refractivity contribution in [1.82, 2.24) is 10.2 Å². The van der Waals surface area contributed by atoms with Gasteiger partial charge in [0, 0.05) is 36.5 Å². The van der Waals surface area contributed by atoms with E-state index in [9.17, 15) is 0 Å². The van der Waals surface area contributed by atoms with Crippen LogP contribution in [-0.4, -0.2) is 23.8 Å². The van der Waals surface area contributed by atoms with Crippen LogP contribution in [0.3, 0.4) is 0 Å². The molecule has 0 aliphatic carbocycles. The van der Waals surface area contributed by atoms with Crippen molar-refractivity contribution in [3.63, 3.8) is 0 Å². The molecule has 1 aliphatic rings. The Kier molecular flexibility index (Phi) is 2.37. The van der Waals surface area contributed by atoms with Crippen LogP contribution in [-0.2, 0) is 5.41 Å². The molecule has 2 heterocycles. The van der Waals surface area contributed by atoms with Gasteiger partial charge in [-0.2, -0.15) is 10.2 Å². The van der Waals surface area contributed by atoms with E-state index in [4.69, 9.17) is 0 Å². The Bertz CT molecular complexity index is 576. The van der Waals surface area contributed by atoms with Gasteiger partial charge in [-0.3, -0.25) is 0 Å². The monoisotopic (exact) mass is 239 g/mol. The molecule has 1 aromatic heterocycles. The van der Waals surface area contributed by atoms with Crippen molar-refractivity contribution in [2.24, 2.45) is 0 Å². The molecule has 0 radical (unpaired) electrons. The molecular formula is C15H17N3. The molecule has 3 rings (SSSR count). The molecule has 1 aromatic carbocycles. The third kappa shape index (κ3) is 1.67. The molecule has 3 heteroatoms. The lowest BCUT2D eigenvalue weighted by Crippen LogP contribution is -2.24. The summed E-state index contributed by atoms with van der Waals surface area (Å²) in [5.41, 5.74) is 5.01. The van der Waals surface area contributed by atoms with Gasteiger partial charge in [-0.1, -0.05) is 26.0 Å². The quantitative estimate of drug-likeness (QED) is 0.766. The standard InChI is InChI=1S/C15H17N3/c1-15(2)10-18(3)14-9-11(6-7-12(14)15)13-5-4-8-16-17-13/h4-9H,10H2,1-3H3. The van der Waals surface area contributed by atoms with Crippen LogP contribution in [0.25, 0.3) is 11.3 Å². The van der Waals surface area contributed by atoms with Gasteiger partial charge in [-0.15, -0.1) is 0 Å². The number of benzene rings is 1. The Labute approximate surface area is 107 Å². The fourth-order valence-electron chi connectivity index (χ4n) is 2.80. The van der Waals surface area contributed by atoms with Crippen LogP contribution in [0.4, 0.5) is 5.69 Å². The van der Waals surface area contributed by atoms with E-state index >= 15 is 0 Å². The minimum Gasteiger partial charge on any atom is -0.373 e. The molecule has 3 nitrogen and oxygen atoms in total. The van der Waals surface area contributed by atoms with E-state index in [1.807, 2.05) is 12.1 Å². The summed E-state index contributed by atoms with van der Waals surface area (Å²) < 4.78 is 0. The van der Waals surface area contributed by atoms with Crippen molar-refractivity contribution in [3.8, 4) is 11.3 Å². The predicted octanol–water partition coefficient (Wildman–Crippen LogP) is 2.87. The number of aromatic nitrogens is 2. The lowest BCUT2D eigenvalue weighted by molar-refractivity contribution is 0.563. The van der Waals surface area contributed by atoms with Gasteiger partial charge in [0.15, 0.2) is 0 Å². The molecule has 0 unspecified atom stereocenters. The van der Waals surface area contributed by atoms with Gasteiger partial charge in [0.25, 0.3) is 0 Å². The highest BCUT2D eigenvalue weighted by Crippen LogP contribution is 2.41. The van der Waals surface area contributed by atoms with Crippen molar-refractivity contribution in [2.75, 3.05) is 18.5 Å². The number of hydrogen-bond acceptors (Lipinski definition) is 3. The number of likely N-dealkylation sites (N-methyl/N-ethyl adjacent to an activating group) is 1. The lowest BCUT2D eigenvalue weighted by atomic mass is 9.86. The zero-order valence-electron chi connectivity index (χ0n) is 11.0. The maximum absolute atomic E-state index is 4.17. The van der Waals surface area contributed by atoms with E-state index < -0.39 is 0 Å². The van der Waals surface area contributed by atoms with Gasteiger partial charge in [0.05, 0.1) is 5.69 Å². The number of fused-ring (bicyclic) bond motifs is 1. The smallest absolute Gasteiger partial charge is 0.0930 e. The van der Waals surface area contributed by atoms with E-state index in [-0.39, 0.29) is 5.41 Å². The molecule has 1 aliphatic heterocycles. The van der Waals surface area contributed by atoms with Crippen LogP contribution >= 0.6 is 0 Å². The van der Waals surface area contributed by atoms with E-state index in [1.165, 1.54) is 11.3 Å². The van der Waals surface area contributed by atoms with E-state index in [1.54, 1.807) is 6.20 Å². The normalized spacial score (nSPS) is 16.7. The molecule has 2 aromatic rings. The van der Waals surface area contributed by atoms with Crippen molar-refractivity contribution in [1.29, 1.82) is 0 Å². The number of nitrogens with zero attached hydrogens (tertiary/aromatic N) is 3. The molecule has 18 heavy (non-hydrogen) atoms. The second-order valence-corrected chi connectivity index (χ2v) is 5.58. The molecule has 0 spiro atoms. The summed E-state index contributed by atoms with van der Waals surface area (Å²) in [6, 6.07) is 10.5. The molecule has 0 atom stereocenters. The fourth-order valence-corrected chi connectivity index (χ4v) is 2.80. The van der Waals surface area contributed by atoms with Crippen molar-refractivity contribution < 1.29 is 0 Å². The lowest BCUT2D eigenvalue weighted by Gasteiger charge is -2.18. The van der Waals surface area contributed by atoms with Crippen molar-refractivity contribution in [3.05, 3.63) is 42.1 Å². The van der Waals surface area contributed by atoms with Gasteiger partial charge in [-0.05, 0) is 23.8 Å². The Morgan fingerprint density at radius 2 is 2.06 bits per heavy atom. The summed E-state index contributed by atoms with van der Waals surface area (Å²) in [4.78, 5) is 2.31. The highest BCUT2D eigenvalue weighted by molar-refractivity contribution is 5.71. The van der Waals surface area contributed by atoms with Crippen molar-refractivity contribution in [2.45, 2.75) is 19.3 Å². The Hall–Kier alpha value is -1.90. The summed E-state index contributed by atoms with van der Waals surface area (Å²) in [6.07, 6.45) is 1.70. The molecule has 0 amide bonds. The Morgan fingerprint density at radius 3 is 2.78 bits per heavy atom. The van der Waals surface area contributed by atoms with Gasteiger partial charge >= 0.3 is 0 Å². The highest BCUT2D eigenvalue weighted by atomic mass is 15.1. The van der Waals surface area contributed by atoms with Crippen LogP contribution in [0.5, 0.6) is 0 Å². The minimum atomic E-state index is 0.227. The fraction of sp³-hybridized carbons (Fsp3) is 0.333. The van der Waals surface area contributed by atoms with Gasteiger partial charge in [-0.25, -0.2) is 0 Å². The second kappa shape index (κ2) is 3.80. The highest BCUT2D eigenvalue weighted by Gasteiger charge is 2.33. The first-order valence-electron chi connectivity index (χ1n) is 6.22. The average Bonchev–Trinajstić information content (AvgIpc) is 2.61. The van der Waals surface area contributed by atoms with Crippen LogP contribution in [0.2, 0.25) is 0 Å². The van der Waals surface area contributed by atoms with E-state index in [2.05, 4.69) is 54.2 Å². The molecule has 0 bridgehead atoms. The zero-order chi connectivity index (χ0) is 12.8. The molecule has 0 saturated heterocycles. The first-order chi connectivity index (χ1) is 8.58. The topological polar surface area (TPSA) is 29.0 Å². The molecule has 92 valence electrons. The third-order valence-corrected chi connectivity index (χ3v) is 3.64. The predicted molar refractivity (Wildman–Crippen MR) is 73.8 cm³/mol. The summed E-state index contributed by atoms with van der Waals surface area (Å²) in [7, 11) is 2.15. The molecule has 0 N–H and O–H groups in total. The maximum atomic E-state index is 4.17. The zero-order valence-corrected chi connectivity index (χ0v) is 11.0. The summed E-state index contributed by atoms with van der Waals surface area (Å²) >= 11 is 0. The first kappa shape index (κ1) is 11.2. The first-order valence-corrected chi connectivity index (χ1v) is 6.22. The third-order valence-electron chi connectivity index (χ3n) is 3.64. The van der Waals surface area contributed by atoms with Gasteiger partial charge in [0.1, 0.15) is 0 Å². The van der Waals surface area contributed by atoms with Crippen molar-refractivity contribution >= 4 is 5.69 Å².